The molecule has 0 spiro atoms. The van der Waals surface area contributed by atoms with E-state index in [1.54, 1.807) is 6.08 Å². The van der Waals surface area contributed by atoms with Gasteiger partial charge in [-0.25, -0.2) is 0 Å². The molecule has 1 aliphatic heterocycles. The molecule has 3 rings (SSSR count). The van der Waals surface area contributed by atoms with Gasteiger partial charge in [0.1, 0.15) is 12.4 Å². The Balaban J connectivity index is 1.73. The van der Waals surface area contributed by atoms with E-state index in [4.69, 9.17) is 16.3 Å². The van der Waals surface area contributed by atoms with Gasteiger partial charge in [-0.15, -0.1) is 0 Å². The summed E-state index contributed by atoms with van der Waals surface area (Å²) in [6.45, 7) is 7.87. The summed E-state index contributed by atoms with van der Waals surface area (Å²) in [6.07, 6.45) is 5.47. The van der Waals surface area contributed by atoms with Crippen molar-refractivity contribution in [2.45, 2.75) is 12.6 Å². The van der Waals surface area contributed by atoms with Gasteiger partial charge in [-0.05, 0) is 29.3 Å². The van der Waals surface area contributed by atoms with E-state index in [0.717, 1.165) is 26.2 Å². The van der Waals surface area contributed by atoms with Gasteiger partial charge < -0.3 is 10.1 Å². The SMILES string of the molecule is C=CCOc1ccc(CN2CCNCC2c2cccnc2)cc1Cl. The fourth-order valence-electron chi connectivity index (χ4n) is 2.98. The maximum absolute atomic E-state index is 6.34. The molecule has 0 amide bonds. The van der Waals surface area contributed by atoms with Crippen LogP contribution in [0.25, 0.3) is 0 Å². The largest absolute Gasteiger partial charge is 0.488 e. The Bertz CT molecular complexity index is 678. The van der Waals surface area contributed by atoms with Crippen molar-refractivity contribution in [3.05, 3.63) is 71.5 Å². The van der Waals surface area contributed by atoms with Gasteiger partial charge in [-0.3, -0.25) is 9.88 Å². The first-order valence-corrected chi connectivity index (χ1v) is 8.52. The van der Waals surface area contributed by atoms with E-state index >= 15 is 0 Å². The van der Waals surface area contributed by atoms with Gasteiger partial charge in [-0.2, -0.15) is 0 Å². The van der Waals surface area contributed by atoms with Crippen molar-refractivity contribution in [3.63, 3.8) is 0 Å². The normalized spacial score (nSPS) is 18.3. The molecule has 1 saturated heterocycles. The number of hydrogen-bond donors (Lipinski definition) is 1. The Morgan fingerprint density at radius 1 is 1.42 bits per heavy atom. The molecule has 0 radical (unpaired) electrons. The molecule has 1 fully saturated rings. The molecule has 1 aliphatic rings. The van der Waals surface area contributed by atoms with Gasteiger partial charge in [0.05, 0.1) is 5.02 Å². The minimum absolute atomic E-state index is 0.322. The lowest BCUT2D eigenvalue weighted by Crippen LogP contribution is -2.45. The average Bonchev–Trinajstić information content (AvgIpc) is 2.62. The first-order chi connectivity index (χ1) is 11.8. The molecule has 0 saturated carbocycles. The smallest absolute Gasteiger partial charge is 0.138 e. The molecular weight excluding hydrogens is 322 g/mol. The Hall–Kier alpha value is -1.88. The molecule has 4 nitrogen and oxygen atoms in total. The lowest BCUT2D eigenvalue weighted by Gasteiger charge is -2.36. The van der Waals surface area contributed by atoms with E-state index < -0.39 is 0 Å². The number of rotatable bonds is 6. The van der Waals surface area contributed by atoms with E-state index in [0.29, 0.717) is 23.4 Å². The van der Waals surface area contributed by atoms with Crippen LogP contribution >= 0.6 is 11.6 Å². The Morgan fingerprint density at radius 3 is 3.08 bits per heavy atom. The molecule has 1 unspecified atom stereocenters. The third-order valence-electron chi connectivity index (χ3n) is 4.16. The molecule has 0 bridgehead atoms. The van der Waals surface area contributed by atoms with Gasteiger partial charge in [0, 0.05) is 44.6 Å². The number of piperazine rings is 1. The minimum atomic E-state index is 0.322. The van der Waals surface area contributed by atoms with Crippen LogP contribution in [-0.2, 0) is 6.54 Å². The molecule has 1 aromatic carbocycles. The van der Waals surface area contributed by atoms with Crippen molar-refractivity contribution in [1.82, 2.24) is 15.2 Å². The topological polar surface area (TPSA) is 37.4 Å². The molecule has 2 heterocycles. The highest BCUT2D eigenvalue weighted by Gasteiger charge is 2.24. The van der Waals surface area contributed by atoms with Crippen LogP contribution in [0.3, 0.4) is 0 Å². The zero-order valence-electron chi connectivity index (χ0n) is 13.6. The second kappa shape index (κ2) is 8.29. The third-order valence-corrected chi connectivity index (χ3v) is 4.46. The van der Waals surface area contributed by atoms with Crippen LogP contribution in [0, 0.1) is 0 Å². The highest BCUT2D eigenvalue weighted by Crippen LogP contribution is 2.28. The van der Waals surface area contributed by atoms with Gasteiger partial charge in [-0.1, -0.05) is 36.4 Å². The van der Waals surface area contributed by atoms with E-state index in [1.807, 2.05) is 30.6 Å². The molecule has 5 heteroatoms. The predicted molar refractivity (Wildman–Crippen MR) is 97.4 cm³/mol. The van der Waals surface area contributed by atoms with Crippen molar-refractivity contribution in [1.29, 1.82) is 0 Å². The molecular formula is C19H22ClN3O. The molecule has 126 valence electrons. The second-order valence-electron chi connectivity index (χ2n) is 5.84. The van der Waals surface area contributed by atoms with Crippen molar-refractivity contribution in [2.75, 3.05) is 26.2 Å². The number of nitrogens with zero attached hydrogens (tertiary/aromatic N) is 2. The van der Waals surface area contributed by atoms with Crippen LogP contribution in [-0.4, -0.2) is 36.1 Å². The zero-order chi connectivity index (χ0) is 16.8. The van der Waals surface area contributed by atoms with E-state index in [-0.39, 0.29) is 0 Å². The number of nitrogens with one attached hydrogen (secondary N) is 1. The summed E-state index contributed by atoms with van der Waals surface area (Å²) >= 11 is 6.34. The van der Waals surface area contributed by atoms with Gasteiger partial charge in [0.25, 0.3) is 0 Å². The Morgan fingerprint density at radius 2 is 2.33 bits per heavy atom. The summed E-state index contributed by atoms with van der Waals surface area (Å²) in [7, 11) is 0. The van der Waals surface area contributed by atoms with Crippen molar-refractivity contribution in [2.24, 2.45) is 0 Å². The summed E-state index contributed by atoms with van der Waals surface area (Å²) in [5.74, 6) is 0.699. The van der Waals surface area contributed by atoms with Crippen LogP contribution in [0.5, 0.6) is 5.75 Å². The number of ether oxygens (including phenoxy) is 1. The van der Waals surface area contributed by atoms with E-state index in [9.17, 15) is 0 Å². The quantitative estimate of drug-likeness (QED) is 0.815. The summed E-state index contributed by atoms with van der Waals surface area (Å²) in [6, 6.07) is 10.4. The number of pyridine rings is 1. The lowest BCUT2D eigenvalue weighted by atomic mass is 10.0. The Kier molecular flexibility index (Phi) is 5.86. The van der Waals surface area contributed by atoms with Crippen molar-refractivity contribution in [3.8, 4) is 5.75 Å². The number of halogens is 1. The average molecular weight is 344 g/mol. The summed E-state index contributed by atoms with van der Waals surface area (Å²) < 4.78 is 5.54. The monoisotopic (exact) mass is 343 g/mol. The fourth-order valence-corrected chi connectivity index (χ4v) is 3.24. The molecule has 1 atom stereocenters. The van der Waals surface area contributed by atoms with Crippen molar-refractivity contribution >= 4 is 11.6 Å². The summed E-state index contributed by atoms with van der Waals surface area (Å²) in [5.41, 5.74) is 2.42. The second-order valence-corrected chi connectivity index (χ2v) is 6.25. The van der Waals surface area contributed by atoms with Crippen LogP contribution in [0.15, 0.2) is 55.4 Å². The van der Waals surface area contributed by atoms with Crippen LogP contribution in [0.1, 0.15) is 17.2 Å². The van der Waals surface area contributed by atoms with E-state index in [1.165, 1.54) is 11.1 Å². The van der Waals surface area contributed by atoms with Crippen molar-refractivity contribution < 1.29 is 4.74 Å². The number of benzene rings is 1. The first kappa shape index (κ1) is 17.0. The highest BCUT2D eigenvalue weighted by molar-refractivity contribution is 6.32. The van der Waals surface area contributed by atoms with Crippen LogP contribution in [0.2, 0.25) is 5.02 Å². The standard InChI is InChI=1S/C19H22ClN3O/c1-2-10-24-19-6-5-15(11-17(19)20)14-23-9-8-22-13-18(23)16-4-3-7-21-12-16/h2-7,11-12,18,22H,1,8-10,13-14H2. The molecule has 1 N–H and O–H groups in total. The summed E-state index contributed by atoms with van der Waals surface area (Å²) in [5, 5.41) is 4.11. The summed E-state index contributed by atoms with van der Waals surface area (Å²) in [4.78, 5) is 6.72. The Labute approximate surface area is 148 Å². The van der Waals surface area contributed by atoms with Crippen LogP contribution < -0.4 is 10.1 Å². The molecule has 2 aromatic rings. The van der Waals surface area contributed by atoms with Gasteiger partial charge >= 0.3 is 0 Å². The maximum atomic E-state index is 6.34. The number of hydrogen-bond acceptors (Lipinski definition) is 4. The van der Waals surface area contributed by atoms with Crippen LogP contribution in [0.4, 0.5) is 0 Å². The fraction of sp³-hybridized carbons (Fsp3) is 0.316. The third kappa shape index (κ3) is 4.15. The first-order valence-electron chi connectivity index (χ1n) is 8.14. The molecule has 24 heavy (non-hydrogen) atoms. The lowest BCUT2D eigenvalue weighted by molar-refractivity contribution is 0.153. The maximum Gasteiger partial charge on any atom is 0.138 e. The highest BCUT2D eigenvalue weighted by atomic mass is 35.5. The number of aromatic nitrogens is 1. The minimum Gasteiger partial charge on any atom is -0.488 e. The van der Waals surface area contributed by atoms with E-state index in [2.05, 4.69) is 33.9 Å². The molecule has 1 aromatic heterocycles. The zero-order valence-corrected chi connectivity index (χ0v) is 14.4. The molecule has 0 aliphatic carbocycles. The van der Waals surface area contributed by atoms with Gasteiger partial charge in [0.15, 0.2) is 0 Å². The predicted octanol–water partition coefficient (Wildman–Crippen LogP) is 3.45. The van der Waals surface area contributed by atoms with Gasteiger partial charge in [0.2, 0.25) is 0 Å².